The van der Waals surface area contributed by atoms with Crippen LogP contribution in [-0.4, -0.2) is 0 Å². The third kappa shape index (κ3) is 6.56. The zero-order valence-corrected chi connectivity index (χ0v) is 13.9. The number of hydrogen-bond acceptors (Lipinski definition) is 0. The van der Waals surface area contributed by atoms with Crippen molar-refractivity contribution in [1.82, 2.24) is 0 Å². The minimum atomic E-state index is 1.06. The molecular formula is C20H30. The zero-order valence-electron chi connectivity index (χ0n) is 13.9. The van der Waals surface area contributed by atoms with Gasteiger partial charge in [-0.05, 0) is 30.0 Å². The first-order valence-electron chi connectivity index (χ1n) is 7.81. The Bertz CT molecular complexity index is 428. The third-order valence-corrected chi connectivity index (χ3v) is 3.02. The van der Waals surface area contributed by atoms with Crippen molar-refractivity contribution in [2.24, 2.45) is 0 Å². The fourth-order valence-corrected chi connectivity index (χ4v) is 1.63. The van der Waals surface area contributed by atoms with Gasteiger partial charge >= 0.3 is 0 Å². The first-order chi connectivity index (χ1) is 9.69. The Morgan fingerprint density at radius 2 is 1.60 bits per heavy atom. The number of unbranched alkanes of at least 4 members (excludes halogenated alkanes) is 1. The highest BCUT2D eigenvalue weighted by molar-refractivity contribution is 5.72. The highest BCUT2D eigenvalue weighted by Crippen LogP contribution is 2.24. The molecule has 0 amide bonds. The maximum absolute atomic E-state index is 3.93. The van der Waals surface area contributed by atoms with Gasteiger partial charge in [-0.25, -0.2) is 0 Å². The summed E-state index contributed by atoms with van der Waals surface area (Å²) in [5.74, 6) is 0. The minimum Gasteiger partial charge on any atom is -0.0955 e. The summed E-state index contributed by atoms with van der Waals surface area (Å²) in [6.07, 6.45) is 10.2. The first kappa shape index (κ1) is 18.4. The van der Waals surface area contributed by atoms with Crippen LogP contribution in [0.4, 0.5) is 0 Å². The Hall–Kier alpha value is -1.56. The van der Waals surface area contributed by atoms with Gasteiger partial charge in [-0.1, -0.05) is 95.2 Å². The number of hydrogen-bond donors (Lipinski definition) is 0. The van der Waals surface area contributed by atoms with Gasteiger partial charge in [0.1, 0.15) is 0 Å². The van der Waals surface area contributed by atoms with Crippen molar-refractivity contribution in [3.63, 3.8) is 0 Å². The average molecular weight is 270 g/mol. The van der Waals surface area contributed by atoms with Crippen LogP contribution in [0.3, 0.4) is 0 Å². The Labute approximate surface area is 125 Å². The molecule has 0 fully saturated rings. The van der Waals surface area contributed by atoms with E-state index in [1.807, 2.05) is 20.8 Å². The van der Waals surface area contributed by atoms with Crippen molar-refractivity contribution in [3.05, 3.63) is 60.2 Å². The molecule has 0 aliphatic heterocycles. The summed E-state index contributed by atoms with van der Waals surface area (Å²) in [7, 11) is 0. The number of benzene rings is 1. The normalized spacial score (nSPS) is 11.8. The van der Waals surface area contributed by atoms with E-state index in [0.29, 0.717) is 0 Å². The molecule has 0 nitrogen and oxygen atoms in total. The molecule has 0 saturated heterocycles. The summed E-state index contributed by atoms with van der Waals surface area (Å²) in [5.41, 5.74) is 5.06. The molecule has 0 saturated carbocycles. The maximum atomic E-state index is 3.93. The van der Waals surface area contributed by atoms with Gasteiger partial charge < -0.3 is 0 Å². The number of allylic oxidation sites excluding steroid dienone is 5. The summed E-state index contributed by atoms with van der Waals surface area (Å²) in [6.45, 7) is 14.3. The average Bonchev–Trinajstić information content (AvgIpc) is 3.04. The van der Waals surface area contributed by atoms with Crippen LogP contribution in [0.15, 0.2) is 49.1 Å². The first-order valence-corrected chi connectivity index (χ1v) is 7.81. The lowest BCUT2D eigenvalue weighted by atomic mass is 10.0. The molecule has 0 heteroatoms. The molecule has 110 valence electrons. The Morgan fingerprint density at radius 3 is 1.95 bits per heavy atom. The fraction of sp³-hybridized carbons (Fsp3) is 0.400. The van der Waals surface area contributed by atoms with Gasteiger partial charge in [-0.3, -0.25) is 0 Å². The summed E-state index contributed by atoms with van der Waals surface area (Å²) in [4.78, 5) is 0. The maximum Gasteiger partial charge on any atom is -0.00884 e. The van der Waals surface area contributed by atoms with Crippen molar-refractivity contribution in [1.29, 1.82) is 0 Å². The zero-order chi connectivity index (χ0) is 15.4. The van der Waals surface area contributed by atoms with Crippen LogP contribution in [0.25, 0.3) is 11.1 Å². The SMILES string of the molecule is C=C(C)c1ccc(C2=CC=CC2)cc1.CC.CCCC. The van der Waals surface area contributed by atoms with Gasteiger partial charge in [-0.2, -0.15) is 0 Å². The van der Waals surface area contributed by atoms with E-state index in [1.54, 1.807) is 0 Å². The van der Waals surface area contributed by atoms with Crippen LogP contribution in [0.2, 0.25) is 0 Å². The summed E-state index contributed by atoms with van der Waals surface area (Å²) < 4.78 is 0. The van der Waals surface area contributed by atoms with Crippen LogP contribution in [0.1, 0.15) is 65.0 Å². The van der Waals surface area contributed by atoms with Gasteiger partial charge in [0.15, 0.2) is 0 Å². The van der Waals surface area contributed by atoms with E-state index < -0.39 is 0 Å². The lowest BCUT2D eigenvalue weighted by Crippen LogP contribution is -1.82. The molecule has 0 spiro atoms. The molecule has 0 atom stereocenters. The van der Waals surface area contributed by atoms with Gasteiger partial charge in [0, 0.05) is 0 Å². The van der Waals surface area contributed by atoms with Crippen LogP contribution in [0.5, 0.6) is 0 Å². The molecule has 0 bridgehead atoms. The molecule has 0 radical (unpaired) electrons. The van der Waals surface area contributed by atoms with Gasteiger partial charge in [0.2, 0.25) is 0 Å². The number of rotatable bonds is 3. The summed E-state index contributed by atoms with van der Waals surface area (Å²) in [6, 6.07) is 8.61. The molecule has 1 aromatic carbocycles. The highest BCUT2D eigenvalue weighted by Gasteiger charge is 2.02. The molecule has 2 rings (SSSR count). The molecule has 1 aliphatic rings. The third-order valence-electron chi connectivity index (χ3n) is 3.02. The topological polar surface area (TPSA) is 0 Å². The second-order valence-electron chi connectivity index (χ2n) is 4.68. The Kier molecular flexibility index (Phi) is 10.4. The smallest absolute Gasteiger partial charge is 0.00884 e. The lowest BCUT2D eigenvalue weighted by molar-refractivity contribution is 0.886. The van der Waals surface area contributed by atoms with E-state index in [9.17, 15) is 0 Å². The molecule has 1 aliphatic carbocycles. The molecule has 0 heterocycles. The van der Waals surface area contributed by atoms with Crippen molar-refractivity contribution < 1.29 is 0 Å². The fourth-order valence-electron chi connectivity index (χ4n) is 1.63. The lowest BCUT2D eigenvalue weighted by Gasteiger charge is -2.04. The predicted octanol–water partition coefficient (Wildman–Crippen LogP) is 6.90. The van der Waals surface area contributed by atoms with E-state index in [2.05, 4.69) is 62.9 Å². The summed E-state index contributed by atoms with van der Waals surface area (Å²) >= 11 is 0. The quantitative estimate of drug-likeness (QED) is 0.560. The Balaban J connectivity index is 0.000000521. The molecule has 0 aromatic heterocycles. The molecule has 0 unspecified atom stereocenters. The summed E-state index contributed by atoms with van der Waals surface area (Å²) in [5, 5.41) is 0. The minimum absolute atomic E-state index is 1.06. The van der Waals surface area contributed by atoms with Crippen molar-refractivity contribution in [2.75, 3.05) is 0 Å². The van der Waals surface area contributed by atoms with Crippen molar-refractivity contribution in [2.45, 2.75) is 53.9 Å². The van der Waals surface area contributed by atoms with Gasteiger partial charge in [0.25, 0.3) is 0 Å². The van der Waals surface area contributed by atoms with E-state index in [1.165, 1.54) is 29.5 Å². The molecule has 1 aromatic rings. The van der Waals surface area contributed by atoms with E-state index in [0.717, 1.165) is 12.0 Å². The highest BCUT2D eigenvalue weighted by atomic mass is 14.1. The van der Waals surface area contributed by atoms with Crippen molar-refractivity contribution in [3.8, 4) is 0 Å². The van der Waals surface area contributed by atoms with E-state index in [-0.39, 0.29) is 0 Å². The van der Waals surface area contributed by atoms with Crippen molar-refractivity contribution >= 4 is 11.1 Å². The van der Waals surface area contributed by atoms with Gasteiger partial charge in [0.05, 0.1) is 0 Å². The van der Waals surface area contributed by atoms with E-state index >= 15 is 0 Å². The van der Waals surface area contributed by atoms with E-state index in [4.69, 9.17) is 0 Å². The monoisotopic (exact) mass is 270 g/mol. The molecule has 0 N–H and O–H groups in total. The van der Waals surface area contributed by atoms with Gasteiger partial charge in [-0.15, -0.1) is 0 Å². The van der Waals surface area contributed by atoms with Crippen LogP contribution in [0, 0.1) is 0 Å². The second kappa shape index (κ2) is 11.3. The predicted molar refractivity (Wildman–Crippen MR) is 94.8 cm³/mol. The molecule has 20 heavy (non-hydrogen) atoms. The second-order valence-corrected chi connectivity index (χ2v) is 4.68. The molecular weight excluding hydrogens is 240 g/mol. The standard InChI is InChI=1S/C14H14.C4H10.C2H6/c1-11(2)12-7-9-14(10-8-12)13-5-3-4-6-13;1-3-4-2;1-2/h3-5,7-10H,1,6H2,2H3;3-4H2,1-2H3;1-2H3. The largest absolute Gasteiger partial charge is 0.0955 e. The van der Waals surface area contributed by atoms with Crippen LogP contribution in [-0.2, 0) is 0 Å². The van der Waals surface area contributed by atoms with Crippen LogP contribution >= 0.6 is 0 Å². The van der Waals surface area contributed by atoms with Crippen LogP contribution < -0.4 is 0 Å². The Morgan fingerprint density at radius 1 is 1.05 bits per heavy atom.